The summed E-state index contributed by atoms with van der Waals surface area (Å²) in [6.07, 6.45) is -0.447. The SMILES string of the molecule is CCC(=O)O[C@]1(C(=O)S)[C@H](C)C[C@H]2[C@@H]3C[C@H](F)C4=CC(O)=C([C@@H]5CCOC5=O)C(=O)[C@]4(C)[C@@]3(F)CC[C@@]21C. The topological polar surface area (TPSA) is 107 Å². The largest absolute Gasteiger partial charge is 0.508 e. The molecule has 0 radical (unpaired) electrons. The molecule has 0 aromatic carbocycles. The highest BCUT2D eigenvalue weighted by Crippen LogP contribution is 2.72. The Balaban J connectivity index is 1.62. The van der Waals surface area contributed by atoms with Gasteiger partial charge in [-0.2, -0.15) is 0 Å². The molecule has 0 amide bonds. The summed E-state index contributed by atoms with van der Waals surface area (Å²) in [4.78, 5) is 52.0. The summed E-state index contributed by atoms with van der Waals surface area (Å²) < 4.78 is 44.5. The van der Waals surface area contributed by atoms with Gasteiger partial charge in [0.2, 0.25) is 5.12 Å². The Labute approximate surface area is 225 Å². The lowest BCUT2D eigenvalue weighted by Gasteiger charge is -2.61. The average molecular weight is 553 g/mol. The molecule has 4 fully saturated rings. The predicted octanol–water partition coefficient (Wildman–Crippen LogP) is 4.55. The molecule has 9 atom stereocenters. The maximum absolute atomic E-state index is 17.7. The minimum absolute atomic E-state index is 0.0439. The van der Waals surface area contributed by atoms with E-state index in [1.54, 1.807) is 20.8 Å². The molecule has 5 rings (SSSR count). The number of Topliss-reactive ketones (excluding diaryl/α,β-unsaturated/α-hetero) is 1. The number of rotatable bonds is 4. The van der Waals surface area contributed by atoms with Crippen LogP contribution in [0.25, 0.3) is 0 Å². The summed E-state index contributed by atoms with van der Waals surface area (Å²) in [6.45, 7) is 6.62. The lowest BCUT2D eigenvalue weighted by molar-refractivity contribution is -0.202. The van der Waals surface area contributed by atoms with Crippen LogP contribution in [0.3, 0.4) is 0 Å². The fraction of sp³-hybridized carbons (Fsp3) is 0.714. The van der Waals surface area contributed by atoms with E-state index < -0.39 is 80.5 Å². The van der Waals surface area contributed by atoms with E-state index in [9.17, 15) is 24.3 Å². The molecule has 0 unspecified atom stereocenters. The summed E-state index contributed by atoms with van der Waals surface area (Å²) in [5.74, 6) is -5.66. The molecule has 0 spiro atoms. The fourth-order valence-electron chi connectivity index (χ4n) is 8.67. The minimum Gasteiger partial charge on any atom is -0.508 e. The van der Waals surface area contributed by atoms with Gasteiger partial charge in [0.15, 0.2) is 11.4 Å². The first-order valence-electron chi connectivity index (χ1n) is 13.4. The van der Waals surface area contributed by atoms with Crippen LogP contribution in [0, 0.1) is 34.5 Å². The molecule has 1 heterocycles. The average Bonchev–Trinajstić information content (AvgIpc) is 3.37. The Kier molecular flexibility index (Phi) is 6.21. The zero-order valence-corrected chi connectivity index (χ0v) is 22.9. The van der Waals surface area contributed by atoms with Gasteiger partial charge in [-0.3, -0.25) is 19.2 Å². The van der Waals surface area contributed by atoms with Crippen LogP contribution in [-0.2, 0) is 28.7 Å². The lowest BCUT2D eigenvalue weighted by atomic mass is 9.44. The number of carbonyl (C=O) groups is 4. The molecule has 5 aliphatic rings. The first-order chi connectivity index (χ1) is 17.7. The minimum atomic E-state index is -2.22. The molecule has 208 valence electrons. The second kappa shape index (κ2) is 8.63. The van der Waals surface area contributed by atoms with Crippen molar-refractivity contribution in [1.82, 2.24) is 0 Å². The van der Waals surface area contributed by atoms with Crippen LogP contribution < -0.4 is 0 Å². The van der Waals surface area contributed by atoms with Crippen molar-refractivity contribution >= 4 is 35.5 Å². The number of alkyl halides is 2. The van der Waals surface area contributed by atoms with Gasteiger partial charge in [-0.05, 0) is 56.6 Å². The molecule has 38 heavy (non-hydrogen) atoms. The van der Waals surface area contributed by atoms with Crippen LogP contribution in [0.5, 0.6) is 0 Å². The maximum atomic E-state index is 17.7. The van der Waals surface area contributed by atoms with E-state index in [1.165, 1.54) is 6.92 Å². The number of hydrogen-bond acceptors (Lipinski definition) is 7. The Morgan fingerprint density at radius 1 is 1.21 bits per heavy atom. The number of esters is 2. The van der Waals surface area contributed by atoms with Crippen molar-refractivity contribution < 1.29 is 42.5 Å². The number of halogens is 2. The molecule has 7 nitrogen and oxygen atoms in total. The van der Waals surface area contributed by atoms with Gasteiger partial charge in [0.25, 0.3) is 0 Å². The van der Waals surface area contributed by atoms with E-state index in [4.69, 9.17) is 9.47 Å². The number of ketones is 1. The first-order valence-corrected chi connectivity index (χ1v) is 13.8. The number of allylic oxidation sites excluding steroid dienone is 2. The third kappa shape index (κ3) is 3.12. The van der Waals surface area contributed by atoms with Gasteiger partial charge in [-0.15, -0.1) is 12.6 Å². The molecule has 3 saturated carbocycles. The van der Waals surface area contributed by atoms with Crippen LogP contribution in [0.4, 0.5) is 8.78 Å². The zero-order chi connectivity index (χ0) is 28.0. The molecule has 10 heteroatoms. The van der Waals surface area contributed by atoms with Gasteiger partial charge < -0.3 is 14.6 Å². The van der Waals surface area contributed by atoms with Crippen LogP contribution in [0.2, 0.25) is 0 Å². The van der Waals surface area contributed by atoms with Gasteiger partial charge in [-0.25, -0.2) is 8.78 Å². The van der Waals surface area contributed by atoms with Crippen LogP contribution >= 0.6 is 12.6 Å². The molecular formula is C28H34F2O7S. The van der Waals surface area contributed by atoms with Gasteiger partial charge in [0.05, 0.1) is 23.5 Å². The van der Waals surface area contributed by atoms with Crippen LogP contribution in [-0.4, -0.2) is 52.0 Å². The fourth-order valence-corrected chi connectivity index (χ4v) is 9.19. The van der Waals surface area contributed by atoms with E-state index in [2.05, 4.69) is 12.6 Å². The highest BCUT2D eigenvalue weighted by atomic mass is 32.1. The van der Waals surface area contributed by atoms with Crippen molar-refractivity contribution in [2.24, 2.45) is 34.5 Å². The molecule has 1 N–H and O–H groups in total. The highest BCUT2D eigenvalue weighted by Gasteiger charge is 2.77. The molecule has 0 aromatic heterocycles. The van der Waals surface area contributed by atoms with E-state index in [-0.39, 0.29) is 56.3 Å². The quantitative estimate of drug-likeness (QED) is 0.389. The third-order valence-electron chi connectivity index (χ3n) is 10.7. The number of aliphatic hydroxyl groups is 1. The van der Waals surface area contributed by atoms with E-state index in [0.29, 0.717) is 0 Å². The van der Waals surface area contributed by atoms with Crippen molar-refractivity contribution in [2.75, 3.05) is 6.61 Å². The zero-order valence-electron chi connectivity index (χ0n) is 22.0. The Morgan fingerprint density at radius 3 is 2.47 bits per heavy atom. The second-order valence-electron chi connectivity index (χ2n) is 12.1. The number of ether oxygens (including phenoxy) is 2. The predicted molar refractivity (Wildman–Crippen MR) is 134 cm³/mol. The summed E-state index contributed by atoms with van der Waals surface area (Å²) in [6, 6.07) is 0. The maximum Gasteiger partial charge on any atom is 0.313 e. The standard InChI is InChI=1S/C28H34F2O7S/c1-5-20(32)37-28(24(35)38)13(2)10-15-16-11-18(29)17-12-19(31)21(14-6-9-36-23(14)34)22(33)26(17,4)27(16,30)8-7-25(15,28)3/h12-16,18,31H,5-11H2,1-4H3,(H,35,38)/t13-,14+,15+,16+,18+,25+,26-,27-,28+/m1/s1. The Hall–Kier alpha value is -2.23. The van der Waals surface area contributed by atoms with Crippen LogP contribution in [0.15, 0.2) is 23.0 Å². The van der Waals surface area contributed by atoms with Crippen molar-refractivity contribution in [3.63, 3.8) is 0 Å². The molecule has 0 bridgehead atoms. The second-order valence-corrected chi connectivity index (χ2v) is 12.5. The highest BCUT2D eigenvalue weighted by molar-refractivity contribution is 7.96. The summed E-state index contributed by atoms with van der Waals surface area (Å²) in [7, 11) is 0. The van der Waals surface area contributed by atoms with E-state index in [0.717, 1.165) is 6.08 Å². The summed E-state index contributed by atoms with van der Waals surface area (Å²) in [5, 5.41) is 10.1. The normalized spacial score (nSPS) is 46.1. The Morgan fingerprint density at radius 2 is 1.89 bits per heavy atom. The van der Waals surface area contributed by atoms with E-state index >= 15 is 8.78 Å². The number of fused-ring (bicyclic) bond motifs is 5. The van der Waals surface area contributed by atoms with Gasteiger partial charge >= 0.3 is 11.9 Å². The van der Waals surface area contributed by atoms with E-state index in [1.807, 2.05) is 0 Å². The smallest absolute Gasteiger partial charge is 0.313 e. The van der Waals surface area contributed by atoms with Gasteiger partial charge in [0, 0.05) is 23.7 Å². The first kappa shape index (κ1) is 27.3. The Bertz CT molecular complexity index is 1200. The van der Waals surface area contributed by atoms with Gasteiger partial charge in [0.1, 0.15) is 17.6 Å². The number of aliphatic hydroxyl groups excluding tert-OH is 1. The van der Waals surface area contributed by atoms with Crippen molar-refractivity contribution in [1.29, 1.82) is 0 Å². The molecule has 0 aromatic rings. The third-order valence-corrected chi connectivity index (χ3v) is 11.0. The summed E-state index contributed by atoms with van der Waals surface area (Å²) in [5.41, 5.74) is -7.17. The number of hydrogen-bond donors (Lipinski definition) is 2. The van der Waals surface area contributed by atoms with Crippen LogP contribution in [0.1, 0.15) is 66.2 Å². The van der Waals surface area contributed by atoms with Crippen molar-refractivity contribution in [2.45, 2.75) is 83.7 Å². The lowest BCUT2D eigenvalue weighted by Crippen LogP contribution is -2.67. The van der Waals surface area contributed by atoms with Gasteiger partial charge in [-0.1, -0.05) is 20.8 Å². The number of carbonyl (C=O) groups excluding carboxylic acids is 4. The number of thiol groups is 1. The van der Waals surface area contributed by atoms with Crippen molar-refractivity contribution in [3.8, 4) is 0 Å². The molecule has 4 aliphatic carbocycles. The van der Waals surface area contributed by atoms with Crippen molar-refractivity contribution in [3.05, 3.63) is 23.0 Å². The molecular weight excluding hydrogens is 518 g/mol. The molecule has 1 aliphatic heterocycles. The number of cyclic esters (lactones) is 1. The molecule has 1 saturated heterocycles. The summed E-state index contributed by atoms with van der Waals surface area (Å²) >= 11 is 4.14. The monoisotopic (exact) mass is 552 g/mol.